The maximum atomic E-state index is 13.1. The third-order valence-corrected chi connectivity index (χ3v) is 5.49. The molecule has 0 unspecified atom stereocenters. The Morgan fingerprint density at radius 3 is 2.27 bits per heavy atom. The Hall–Kier alpha value is -3.51. The van der Waals surface area contributed by atoms with Crippen LogP contribution in [0.5, 0.6) is 11.5 Å². The summed E-state index contributed by atoms with van der Waals surface area (Å²) in [5.74, 6) is 0.596. The SMILES string of the molecule is COc1ccc(CNC(=O)[C@H](C)N(Cc2ccccc2)C(=O)COc2ccccc2Cl)cc1. The van der Waals surface area contributed by atoms with Gasteiger partial charge in [-0.3, -0.25) is 9.59 Å². The maximum Gasteiger partial charge on any atom is 0.261 e. The van der Waals surface area contributed by atoms with Crippen molar-refractivity contribution in [3.8, 4) is 11.5 Å². The Morgan fingerprint density at radius 1 is 0.939 bits per heavy atom. The third kappa shape index (κ3) is 6.99. The number of carbonyl (C=O) groups excluding carboxylic acids is 2. The van der Waals surface area contributed by atoms with Crippen LogP contribution in [0.4, 0.5) is 0 Å². The van der Waals surface area contributed by atoms with E-state index in [0.29, 0.717) is 17.3 Å². The average Bonchev–Trinajstić information content (AvgIpc) is 2.85. The maximum absolute atomic E-state index is 13.1. The molecular weight excluding hydrogens is 440 g/mol. The van der Waals surface area contributed by atoms with E-state index in [2.05, 4.69) is 5.32 Å². The van der Waals surface area contributed by atoms with Gasteiger partial charge in [-0.2, -0.15) is 0 Å². The second-order valence-electron chi connectivity index (χ2n) is 7.47. The number of methoxy groups -OCH3 is 1. The fraction of sp³-hybridized carbons (Fsp3) is 0.231. The van der Waals surface area contributed by atoms with Gasteiger partial charge in [-0.1, -0.05) is 66.2 Å². The molecule has 0 aliphatic rings. The molecule has 0 aromatic heterocycles. The van der Waals surface area contributed by atoms with Crippen molar-refractivity contribution in [2.45, 2.75) is 26.1 Å². The largest absolute Gasteiger partial charge is 0.497 e. The van der Waals surface area contributed by atoms with E-state index in [9.17, 15) is 9.59 Å². The zero-order chi connectivity index (χ0) is 23.6. The lowest BCUT2D eigenvalue weighted by Gasteiger charge is -2.29. The van der Waals surface area contributed by atoms with Crippen LogP contribution >= 0.6 is 11.6 Å². The molecule has 33 heavy (non-hydrogen) atoms. The fourth-order valence-electron chi connectivity index (χ4n) is 3.23. The van der Waals surface area contributed by atoms with Gasteiger partial charge in [0.05, 0.1) is 12.1 Å². The van der Waals surface area contributed by atoms with Crippen molar-refractivity contribution < 1.29 is 19.1 Å². The van der Waals surface area contributed by atoms with Crippen molar-refractivity contribution in [1.82, 2.24) is 10.2 Å². The van der Waals surface area contributed by atoms with Crippen molar-refractivity contribution in [2.75, 3.05) is 13.7 Å². The minimum absolute atomic E-state index is 0.229. The predicted octanol–water partition coefficient (Wildman–Crippen LogP) is 4.46. The summed E-state index contributed by atoms with van der Waals surface area (Å²) >= 11 is 6.13. The Kier molecular flexibility index (Phi) is 8.72. The van der Waals surface area contributed by atoms with Crippen LogP contribution in [0.2, 0.25) is 5.02 Å². The number of ether oxygens (including phenoxy) is 2. The molecule has 3 aromatic carbocycles. The fourth-order valence-corrected chi connectivity index (χ4v) is 3.42. The highest BCUT2D eigenvalue weighted by Crippen LogP contribution is 2.23. The number of carbonyl (C=O) groups is 2. The number of hydrogen-bond donors (Lipinski definition) is 1. The lowest BCUT2D eigenvalue weighted by Crippen LogP contribution is -2.48. The van der Waals surface area contributed by atoms with Crippen LogP contribution in [0.15, 0.2) is 78.9 Å². The molecule has 3 rings (SSSR count). The molecule has 0 radical (unpaired) electrons. The minimum Gasteiger partial charge on any atom is -0.497 e. The van der Waals surface area contributed by atoms with E-state index in [1.54, 1.807) is 38.3 Å². The van der Waals surface area contributed by atoms with Gasteiger partial charge in [-0.15, -0.1) is 0 Å². The standard InChI is InChI=1S/C26H27ClN2O4/c1-19(26(31)28-16-20-12-14-22(32-2)15-13-20)29(17-21-8-4-3-5-9-21)25(30)18-33-24-11-7-6-10-23(24)27/h3-15,19H,16-18H2,1-2H3,(H,28,31)/t19-/m0/s1. The zero-order valence-corrected chi connectivity index (χ0v) is 19.4. The summed E-state index contributed by atoms with van der Waals surface area (Å²) in [5, 5.41) is 3.33. The van der Waals surface area contributed by atoms with Gasteiger partial charge in [-0.25, -0.2) is 0 Å². The number of nitrogens with one attached hydrogen (secondary N) is 1. The van der Waals surface area contributed by atoms with Gasteiger partial charge >= 0.3 is 0 Å². The number of nitrogens with zero attached hydrogens (tertiary/aromatic N) is 1. The number of benzene rings is 3. The molecule has 1 N–H and O–H groups in total. The van der Waals surface area contributed by atoms with E-state index < -0.39 is 6.04 Å². The molecule has 0 bridgehead atoms. The van der Waals surface area contributed by atoms with Crippen LogP contribution in [0.1, 0.15) is 18.1 Å². The van der Waals surface area contributed by atoms with E-state index in [1.165, 1.54) is 4.90 Å². The van der Waals surface area contributed by atoms with Crippen LogP contribution in [0.3, 0.4) is 0 Å². The second kappa shape index (κ2) is 11.9. The van der Waals surface area contributed by atoms with Crippen molar-refractivity contribution in [2.24, 2.45) is 0 Å². The van der Waals surface area contributed by atoms with E-state index in [0.717, 1.165) is 16.9 Å². The third-order valence-electron chi connectivity index (χ3n) is 5.18. The van der Waals surface area contributed by atoms with Crippen LogP contribution in [0, 0.1) is 0 Å². The zero-order valence-electron chi connectivity index (χ0n) is 18.7. The lowest BCUT2D eigenvalue weighted by atomic mass is 10.1. The minimum atomic E-state index is -0.703. The number of para-hydroxylation sites is 1. The molecule has 0 aliphatic carbocycles. The summed E-state index contributed by atoms with van der Waals surface area (Å²) in [5.41, 5.74) is 1.85. The average molecular weight is 467 g/mol. The van der Waals surface area contributed by atoms with Gasteiger partial charge in [0.2, 0.25) is 5.91 Å². The first-order valence-corrected chi connectivity index (χ1v) is 11.0. The van der Waals surface area contributed by atoms with Crippen LogP contribution in [-0.4, -0.2) is 36.5 Å². The Bertz CT molecular complexity index is 1060. The first-order valence-electron chi connectivity index (χ1n) is 10.6. The van der Waals surface area contributed by atoms with Crippen LogP contribution in [0.25, 0.3) is 0 Å². The summed E-state index contributed by atoms with van der Waals surface area (Å²) in [6.07, 6.45) is 0. The summed E-state index contributed by atoms with van der Waals surface area (Å²) < 4.78 is 10.8. The van der Waals surface area contributed by atoms with Gasteiger partial charge < -0.3 is 19.7 Å². The normalized spacial score (nSPS) is 11.4. The smallest absolute Gasteiger partial charge is 0.261 e. The lowest BCUT2D eigenvalue weighted by molar-refractivity contribution is -0.142. The number of amides is 2. The Labute approximate surface area is 199 Å². The topological polar surface area (TPSA) is 67.9 Å². The molecule has 0 spiro atoms. The Balaban J connectivity index is 1.67. The molecule has 3 aromatic rings. The highest BCUT2D eigenvalue weighted by molar-refractivity contribution is 6.32. The summed E-state index contributed by atoms with van der Waals surface area (Å²) in [6.45, 7) is 2.10. The molecule has 0 saturated carbocycles. The molecule has 7 heteroatoms. The van der Waals surface area contributed by atoms with Gasteiger partial charge in [0.1, 0.15) is 17.5 Å². The van der Waals surface area contributed by atoms with Crippen LogP contribution in [-0.2, 0) is 22.7 Å². The van der Waals surface area contributed by atoms with E-state index in [-0.39, 0.29) is 25.0 Å². The molecule has 172 valence electrons. The molecule has 0 heterocycles. The first-order chi connectivity index (χ1) is 16.0. The first kappa shape index (κ1) is 24.1. The summed E-state index contributed by atoms with van der Waals surface area (Å²) in [4.78, 5) is 27.5. The molecule has 6 nitrogen and oxygen atoms in total. The molecule has 2 amide bonds. The number of halogens is 1. The second-order valence-corrected chi connectivity index (χ2v) is 7.88. The monoisotopic (exact) mass is 466 g/mol. The van der Waals surface area contributed by atoms with Gasteiger partial charge in [0, 0.05) is 13.1 Å². The van der Waals surface area contributed by atoms with Gasteiger partial charge in [0.15, 0.2) is 6.61 Å². The number of hydrogen-bond acceptors (Lipinski definition) is 4. The quantitative estimate of drug-likeness (QED) is 0.479. The van der Waals surface area contributed by atoms with E-state index in [4.69, 9.17) is 21.1 Å². The molecule has 0 aliphatic heterocycles. The highest BCUT2D eigenvalue weighted by atomic mass is 35.5. The summed E-state index contributed by atoms with van der Waals surface area (Å²) in [7, 11) is 1.60. The number of rotatable bonds is 10. The van der Waals surface area contributed by atoms with Crippen LogP contribution < -0.4 is 14.8 Å². The van der Waals surface area contributed by atoms with E-state index >= 15 is 0 Å². The Morgan fingerprint density at radius 2 is 1.61 bits per heavy atom. The predicted molar refractivity (Wildman–Crippen MR) is 128 cm³/mol. The van der Waals surface area contributed by atoms with Crippen molar-refractivity contribution in [1.29, 1.82) is 0 Å². The summed E-state index contributed by atoms with van der Waals surface area (Å²) in [6, 6.07) is 23.2. The van der Waals surface area contributed by atoms with Gasteiger partial charge in [-0.05, 0) is 42.3 Å². The molecular formula is C26H27ClN2O4. The van der Waals surface area contributed by atoms with Crippen molar-refractivity contribution in [3.63, 3.8) is 0 Å². The van der Waals surface area contributed by atoms with Crippen molar-refractivity contribution in [3.05, 3.63) is 95.0 Å². The van der Waals surface area contributed by atoms with Gasteiger partial charge in [0.25, 0.3) is 5.91 Å². The molecule has 0 saturated heterocycles. The van der Waals surface area contributed by atoms with E-state index in [1.807, 2.05) is 54.6 Å². The molecule has 1 atom stereocenters. The highest BCUT2D eigenvalue weighted by Gasteiger charge is 2.26. The van der Waals surface area contributed by atoms with Crippen molar-refractivity contribution >= 4 is 23.4 Å². The molecule has 0 fully saturated rings.